The molecule has 1 aromatic carbocycles. The van der Waals surface area contributed by atoms with Gasteiger partial charge in [-0.15, -0.1) is 0 Å². The first-order valence-electron chi connectivity index (χ1n) is 5.04. The summed E-state index contributed by atoms with van der Waals surface area (Å²) in [4.78, 5) is 11.3. The molecule has 0 unspecified atom stereocenters. The highest BCUT2D eigenvalue weighted by atomic mass is 19.4. The van der Waals surface area contributed by atoms with Gasteiger partial charge in [0.25, 0.3) is 0 Å². The van der Waals surface area contributed by atoms with E-state index in [-0.39, 0.29) is 16.9 Å². The molecule has 18 heavy (non-hydrogen) atoms. The van der Waals surface area contributed by atoms with Crippen molar-refractivity contribution in [3.63, 3.8) is 0 Å². The molecule has 0 aliphatic carbocycles. The van der Waals surface area contributed by atoms with Crippen molar-refractivity contribution in [1.82, 2.24) is 0 Å². The Bertz CT molecular complexity index is 458. The van der Waals surface area contributed by atoms with Crippen molar-refractivity contribution >= 4 is 17.3 Å². The lowest BCUT2D eigenvalue weighted by molar-refractivity contribution is -0.115. The molecular formula is C11H13F3N2O2. The molecule has 7 heteroatoms. The summed E-state index contributed by atoms with van der Waals surface area (Å²) < 4.78 is 40.7. The fourth-order valence-electron chi connectivity index (χ4n) is 1.41. The van der Waals surface area contributed by atoms with Gasteiger partial charge in [0.2, 0.25) is 0 Å². The molecule has 100 valence electrons. The number of anilines is 2. The number of carbonyl (C=O) groups excluding carboxylic acids is 1. The van der Waals surface area contributed by atoms with Crippen LogP contribution in [0.15, 0.2) is 12.1 Å². The van der Waals surface area contributed by atoms with E-state index in [0.29, 0.717) is 5.56 Å². The van der Waals surface area contributed by atoms with E-state index in [1.54, 1.807) is 6.92 Å². The molecular weight excluding hydrogens is 249 g/mol. The third-order valence-corrected chi connectivity index (χ3v) is 2.40. The Morgan fingerprint density at radius 1 is 1.44 bits per heavy atom. The molecule has 0 atom stereocenters. The number of methoxy groups -OCH3 is 1. The summed E-state index contributed by atoms with van der Waals surface area (Å²) in [6, 6.07) is 2.69. The molecule has 0 bridgehead atoms. The lowest BCUT2D eigenvalue weighted by Crippen LogP contribution is -2.22. The standard InChI is InChI=1S/C11H13F3N2O2/c1-6-7(10(17)18-2)3-4-8(9(6)15)16-5-11(12,13)14/h3-4,16H,5,15H2,1-2H3. The van der Waals surface area contributed by atoms with Crippen LogP contribution in [-0.2, 0) is 4.74 Å². The van der Waals surface area contributed by atoms with E-state index in [2.05, 4.69) is 10.1 Å². The smallest absolute Gasteiger partial charge is 0.405 e. The van der Waals surface area contributed by atoms with Gasteiger partial charge in [-0.2, -0.15) is 13.2 Å². The van der Waals surface area contributed by atoms with Gasteiger partial charge in [0.15, 0.2) is 0 Å². The minimum Gasteiger partial charge on any atom is -0.465 e. The Labute approximate surface area is 102 Å². The Kier molecular flexibility index (Phi) is 4.05. The zero-order valence-corrected chi connectivity index (χ0v) is 9.89. The zero-order valence-electron chi connectivity index (χ0n) is 9.89. The van der Waals surface area contributed by atoms with Gasteiger partial charge in [-0.3, -0.25) is 0 Å². The van der Waals surface area contributed by atoms with Gasteiger partial charge >= 0.3 is 12.1 Å². The number of esters is 1. The monoisotopic (exact) mass is 262 g/mol. The number of nitrogens with one attached hydrogen (secondary N) is 1. The second kappa shape index (κ2) is 5.16. The van der Waals surface area contributed by atoms with E-state index in [9.17, 15) is 18.0 Å². The predicted octanol–water partition coefficient (Wildman–Crippen LogP) is 2.34. The molecule has 0 aliphatic heterocycles. The lowest BCUT2D eigenvalue weighted by Gasteiger charge is -2.14. The first kappa shape index (κ1) is 14.1. The molecule has 0 radical (unpaired) electrons. The third-order valence-electron chi connectivity index (χ3n) is 2.40. The number of alkyl halides is 3. The van der Waals surface area contributed by atoms with Crippen LogP contribution in [0.2, 0.25) is 0 Å². The number of hydrogen-bond acceptors (Lipinski definition) is 4. The minimum absolute atomic E-state index is 0.0992. The predicted molar refractivity (Wildman–Crippen MR) is 61.5 cm³/mol. The number of hydrogen-bond donors (Lipinski definition) is 2. The maximum atomic E-state index is 12.1. The van der Waals surface area contributed by atoms with Gasteiger partial charge in [-0.1, -0.05) is 0 Å². The van der Waals surface area contributed by atoms with Crippen molar-refractivity contribution in [2.24, 2.45) is 0 Å². The first-order valence-corrected chi connectivity index (χ1v) is 5.04. The van der Waals surface area contributed by atoms with E-state index < -0.39 is 18.7 Å². The number of rotatable bonds is 3. The maximum absolute atomic E-state index is 12.1. The number of nitrogen functional groups attached to an aromatic ring is 1. The molecule has 3 N–H and O–H groups in total. The van der Waals surface area contributed by atoms with Crippen LogP contribution in [0.3, 0.4) is 0 Å². The Morgan fingerprint density at radius 2 is 2.06 bits per heavy atom. The van der Waals surface area contributed by atoms with Gasteiger partial charge in [0, 0.05) is 0 Å². The van der Waals surface area contributed by atoms with E-state index in [0.717, 1.165) is 0 Å². The third kappa shape index (κ3) is 3.28. The summed E-state index contributed by atoms with van der Waals surface area (Å²) in [5.74, 6) is -0.582. The molecule has 0 aliphatic rings. The molecule has 0 spiro atoms. The summed E-state index contributed by atoms with van der Waals surface area (Å²) in [5, 5.41) is 2.18. The normalized spacial score (nSPS) is 11.2. The molecule has 1 rings (SSSR count). The molecule has 1 aromatic rings. The van der Waals surface area contributed by atoms with Crippen LogP contribution in [0.4, 0.5) is 24.5 Å². The van der Waals surface area contributed by atoms with E-state index in [4.69, 9.17) is 5.73 Å². The highest BCUT2D eigenvalue weighted by molar-refractivity contribution is 5.94. The van der Waals surface area contributed by atoms with Gasteiger partial charge in [-0.25, -0.2) is 4.79 Å². The van der Waals surface area contributed by atoms with Crippen LogP contribution >= 0.6 is 0 Å². The first-order chi connectivity index (χ1) is 8.26. The SMILES string of the molecule is COC(=O)c1ccc(NCC(F)(F)F)c(N)c1C. The Hall–Kier alpha value is -1.92. The Morgan fingerprint density at radius 3 is 2.56 bits per heavy atom. The number of carbonyl (C=O) groups is 1. The van der Waals surface area contributed by atoms with Gasteiger partial charge in [0.05, 0.1) is 24.0 Å². The Balaban J connectivity index is 2.98. The fraction of sp³-hybridized carbons (Fsp3) is 0.364. The highest BCUT2D eigenvalue weighted by Gasteiger charge is 2.27. The summed E-state index contributed by atoms with van der Waals surface area (Å²) in [6.45, 7) is 0.356. The zero-order chi connectivity index (χ0) is 13.9. The summed E-state index contributed by atoms with van der Waals surface area (Å²) in [5.41, 5.74) is 6.52. The largest absolute Gasteiger partial charge is 0.465 e. The number of ether oxygens (including phenoxy) is 1. The van der Waals surface area contributed by atoms with Crippen molar-refractivity contribution in [2.45, 2.75) is 13.1 Å². The minimum atomic E-state index is -4.33. The number of halogens is 3. The summed E-state index contributed by atoms with van der Waals surface area (Å²) >= 11 is 0. The molecule has 0 fully saturated rings. The van der Waals surface area contributed by atoms with Crippen molar-refractivity contribution in [3.05, 3.63) is 23.3 Å². The summed E-state index contributed by atoms with van der Waals surface area (Å²) in [6.07, 6.45) is -4.33. The van der Waals surface area contributed by atoms with Crippen molar-refractivity contribution in [3.8, 4) is 0 Å². The molecule has 0 heterocycles. The van der Waals surface area contributed by atoms with Gasteiger partial charge in [0.1, 0.15) is 6.54 Å². The van der Waals surface area contributed by atoms with E-state index >= 15 is 0 Å². The van der Waals surface area contributed by atoms with E-state index in [1.165, 1.54) is 19.2 Å². The topological polar surface area (TPSA) is 64.3 Å². The van der Waals surface area contributed by atoms with Crippen molar-refractivity contribution in [2.75, 3.05) is 24.7 Å². The van der Waals surface area contributed by atoms with Crippen LogP contribution in [0, 0.1) is 6.92 Å². The molecule has 0 aromatic heterocycles. The van der Waals surface area contributed by atoms with Crippen LogP contribution in [0.1, 0.15) is 15.9 Å². The van der Waals surface area contributed by atoms with Crippen LogP contribution in [0.25, 0.3) is 0 Å². The quantitative estimate of drug-likeness (QED) is 0.648. The number of nitrogens with two attached hydrogens (primary N) is 1. The maximum Gasteiger partial charge on any atom is 0.405 e. The van der Waals surface area contributed by atoms with Crippen LogP contribution in [0.5, 0.6) is 0 Å². The van der Waals surface area contributed by atoms with Crippen LogP contribution in [-0.4, -0.2) is 25.8 Å². The molecule has 4 nitrogen and oxygen atoms in total. The molecule has 0 saturated carbocycles. The van der Waals surface area contributed by atoms with Gasteiger partial charge < -0.3 is 15.8 Å². The van der Waals surface area contributed by atoms with E-state index in [1.807, 2.05) is 0 Å². The fourth-order valence-corrected chi connectivity index (χ4v) is 1.41. The average molecular weight is 262 g/mol. The van der Waals surface area contributed by atoms with Gasteiger partial charge in [-0.05, 0) is 24.6 Å². The van der Waals surface area contributed by atoms with Crippen molar-refractivity contribution in [1.29, 1.82) is 0 Å². The molecule has 0 amide bonds. The second-order valence-corrected chi connectivity index (χ2v) is 3.66. The second-order valence-electron chi connectivity index (χ2n) is 3.66. The lowest BCUT2D eigenvalue weighted by atomic mass is 10.1. The van der Waals surface area contributed by atoms with Crippen molar-refractivity contribution < 1.29 is 22.7 Å². The molecule has 0 saturated heterocycles. The summed E-state index contributed by atoms with van der Waals surface area (Å²) in [7, 11) is 1.22. The average Bonchev–Trinajstić information content (AvgIpc) is 2.29. The van der Waals surface area contributed by atoms with Crippen LogP contribution < -0.4 is 11.1 Å². The number of benzene rings is 1. The highest BCUT2D eigenvalue weighted by Crippen LogP contribution is 2.27.